The molecule has 5 heteroatoms. The molecule has 1 aromatic carbocycles. The van der Waals surface area contributed by atoms with Crippen LogP contribution < -0.4 is 0 Å². The summed E-state index contributed by atoms with van der Waals surface area (Å²) < 4.78 is 22.4. The van der Waals surface area contributed by atoms with Crippen LogP contribution in [0.2, 0.25) is 0 Å². The number of benzene rings is 1. The van der Waals surface area contributed by atoms with Crippen LogP contribution >= 0.6 is 0 Å². The molecule has 0 bridgehead atoms. The molecule has 0 aliphatic heterocycles. The van der Waals surface area contributed by atoms with Crippen molar-refractivity contribution >= 4 is 11.9 Å². The van der Waals surface area contributed by atoms with Gasteiger partial charge in [-0.05, 0) is 12.1 Å². The van der Waals surface area contributed by atoms with Gasteiger partial charge in [-0.3, -0.25) is 0 Å². The number of esters is 2. The van der Waals surface area contributed by atoms with E-state index in [2.05, 4.69) is 21.3 Å². The van der Waals surface area contributed by atoms with Crippen LogP contribution in [0.25, 0.3) is 0 Å². The summed E-state index contributed by atoms with van der Waals surface area (Å²) in [7, 11) is 2.31. The van der Waals surface area contributed by atoms with Crippen LogP contribution in [0.3, 0.4) is 0 Å². The summed E-state index contributed by atoms with van der Waals surface area (Å²) in [5, 5.41) is 0. The van der Waals surface area contributed by atoms with Gasteiger partial charge in [-0.2, -0.15) is 0 Å². The summed E-state index contributed by atoms with van der Waals surface area (Å²) in [6, 6.07) is 4.05. The van der Waals surface area contributed by atoms with Crippen molar-refractivity contribution in [1.29, 1.82) is 0 Å². The van der Waals surface area contributed by atoms with Crippen molar-refractivity contribution in [1.82, 2.24) is 0 Å². The molecule has 0 aromatic heterocycles. The number of hydrogen-bond donors (Lipinski definition) is 0. The summed E-state index contributed by atoms with van der Waals surface area (Å²) in [5.41, 5.74) is -0.303. The largest absolute Gasteiger partial charge is 0.465 e. The van der Waals surface area contributed by atoms with Gasteiger partial charge in [0.25, 0.3) is 0 Å². The minimum atomic E-state index is -0.823. The summed E-state index contributed by atoms with van der Waals surface area (Å²) in [5.74, 6) is 1.94. The molecule has 88 valence electrons. The van der Waals surface area contributed by atoms with Gasteiger partial charge in [0.15, 0.2) is 5.82 Å². The molecule has 17 heavy (non-hydrogen) atoms. The van der Waals surface area contributed by atoms with Crippen molar-refractivity contribution in [3.63, 3.8) is 0 Å². The molecule has 0 unspecified atom stereocenters. The maximum absolute atomic E-state index is 13.7. The fourth-order valence-electron chi connectivity index (χ4n) is 1.07. The topological polar surface area (TPSA) is 52.6 Å². The Morgan fingerprint density at radius 1 is 1.24 bits per heavy atom. The first kappa shape index (κ1) is 12.7. The van der Waals surface area contributed by atoms with E-state index in [0.29, 0.717) is 0 Å². The first-order chi connectivity index (χ1) is 8.10. The van der Waals surface area contributed by atoms with Crippen molar-refractivity contribution in [2.75, 3.05) is 14.2 Å². The highest BCUT2D eigenvalue weighted by Gasteiger charge is 2.14. The van der Waals surface area contributed by atoms with E-state index in [-0.39, 0.29) is 11.1 Å². The summed E-state index contributed by atoms with van der Waals surface area (Å²) in [6.07, 6.45) is 0. The second kappa shape index (κ2) is 5.66. The third-order valence-electron chi connectivity index (χ3n) is 1.89. The van der Waals surface area contributed by atoms with Crippen LogP contribution in [0.5, 0.6) is 0 Å². The van der Waals surface area contributed by atoms with Gasteiger partial charge in [0.1, 0.15) is 0 Å². The lowest BCUT2D eigenvalue weighted by atomic mass is 10.1. The van der Waals surface area contributed by atoms with Gasteiger partial charge in [-0.25, -0.2) is 14.0 Å². The molecule has 0 atom stereocenters. The first-order valence-electron chi connectivity index (χ1n) is 4.57. The molecule has 0 fully saturated rings. The van der Waals surface area contributed by atoms with Crippen LogP contribution in [0, 0.1) is 17.7 Å². The number of ether oxygens (including phenoxy) is 2. The average Bonchev–Trinajstić information content (AvgIpc) is 2.36. The summed E-state index contributed by atoms with van der Waals surface area (Å²) in [6.45, 7) is 0. The predicted octanol–water partition coefficient (Wildman–Crippen LogP) is 1.14. The van der Waals surface area contributed by atoms with Gasteiger partial charge in [-0.15, -0.1) is 0 Å². The van der Waals surface area contributed by atoms with Gasteiger partial charge >= 0.3 is 11.9 Å². The highest BCUT2D eigenvalue weighted by atomic mass is 19.1. The monoisotopic (exact) mass is 236 g/mol. The predicted molar refractivity (Wildman–Crippen MR) is 56.6 cm³/mol. The van der Waals surface area contributed by atoms with Gasteiger partial charge in [-0.1, -0.05) is 12.0 Å². The average molecular weight is 236 g/mol. The zero-order valence-corrected chi connectivity index (χ0v) is 9.24. The van der Waals surface area contributed by atoms with Gasteiger partial charge in [0, 0.05) is 5.92 Å². The lowest BCUT2D eigenvalue weighted by molar-refractivity contribution is -0.133. The number of methoxy groups -OCH3 is 2. The molecule has 1 aromatic rings. The quantitative estimate of drug-likeness (QED) is 0.542. The molecule has 0 heterocycles. The number of hydrogen-bond acceptors (Lipinski definition) is 4. The molecule has 1 rings (SSSR count). The first-order valence-corrected chi connectivity index (χ1v) is 4.57. The second-order valence-electron chi connectivity index (χ2n) is 2.90. The van der Waals surface area contributed by atoms with Gasteiger partial charge in [0.2, 0.25) is 0 Å². The van der Waals surface area contributed by atoms with Crippen LogP contribution in [-0.4, -0.2) is 26.2 Å². The Kier molecular flexibility index (Phi) is 4.23. The second-order valence-corrected chi connectivity index (χ2v) is 2.90. The van der Waals surface area contributed by atoms with E-state index in [9.17, 15) is 14.0 Å². The van der Waals surface area contributed by atoms with Crippen molar-refractivity contribution in [3.05, 3.63) is 35.1 Å². The highest BCUT2D eigenvalue weighted by Crippen LogP contribution is 2.12. The molecular formula is C12H9FO4. The van der Waals surface area contributed by atoms with Gasteiger partial charge in [0.05, 0.1) is 25.3 Å². The van der Waals surface area contributed by atoms with Crippen LogP contribution in [0.15, 0.2) is 18.2 Å². The van der Waals surface area contributed by atoms with Crippen molar-refractivity contribution in [3.8, 4) is 11.8 Å². The van der Waals surface area contributed by atoms with E-state index in [1.165, 1.54) is 18.2 Å². The van der Waals surface area contributed by atoms with E-state index in [4.69, 9.17) is 0 Å². The molecule has 4 nitrogen and oxygen atoms in total. The van der Waals surface area contributed by atoms with E-state index >= 15 is 0 Å². The van der Waals surface area contributed by atoms with E-state index in [1.807, 2.05) is 0 Å². The molecular weight excluding hydrogens is 227 g/mol. The van der Waals surface area contributed by atoms with Crippen molar-refractivity contribution in [2.45, 2.75) is 0 Å². The molecule has 0 amide bonds. The Labute approximate surface area is 97.3 Å². The molecule has 0 saturated heterocycles. The van der Waals surface area contributed by atoms with Crippen LogP contribution in [-0.2, 0) is 14.3 Å². The van der Waals surface area contributed by atoms with Gasteiger partial charge < -0.3 is 9.47 Å². The Morgan fingerprint density at radius 3 is 2.53 bits per heavy atom. The van der Waals surface area contributed by atoms with Crippen LogP contribution in [0.1, 0.15) is 15.9 Å². The van der Waals surface area contributed by atoms with E-state index in [1.54, 1.807) is 0 Å². The minimum Gasteiger partial charge on any atom is -0.465 e. The van der Waals surface area contributed by atoms with Crippen molar-refractivity contribution < 1.29 is 23.5 Å². The summed E-state index contributed by atoms with van der Waals surface area (Å²) >= 11 is 0. The fourth-order valence-corrected chi connectivity index (χ4v) is 1.07. The minimum absolute atomic E-state index is 0.0710. The zero-order chi connectivity index (χ0) is 12.8. The molecule has 0 N–H and O–H groups in total. The maximum Gasteiger partial charge on any atom is 0.384 e. The fraction of sp³-hybridized carbons (Fsp3) is 0.167. The smallest absolute Gasteiger partial charge is 0.384 e. The lowest BCUT2D eigenvalue weighted by Crippen LogP contribution is -2.05. The summed E-state index contributed by atoms with van der Waals surface area (Å²) in [4.78, 5) is 21.9. The van der Waals surface area contributed by atoms with E-state index in [0.717, 1.165) is 14.2 Å². The van der Waals surface area contributed by atoms with E-state index < -0.39 is 17.8 Å². The Bertz CT molecular complexity index is 511. The molecule has 0 radical (unpaired) electrons. The molecule has 0 aliphatic rings. The number of carbonyl (C=O) groups is 2. The Balaban J connectivity index is 3.14. The molecule has 0 aliphatic carbocycles. The standard InChI is InChI=1S/C12H9FO4/c1-16-10(14)7-6-8-4-3-5-9(11(8)13)12(15)17-2/h3-5H,1-2H3. The normalized spacial score (nSPS) is 8.88. The number of carbonyl (C=O) groups excluding carboxylic acids is 2. The molecule has 0 spiro atoms. The number of rotatable bonds is 1. The number of halogens is 1. The third-order valence-corrected chi connectivity index (χ3v) is 1.89. The zero-order valence-electron chi connectivity index (χ0n) is 9.24. The molecule has 0 saturated carbocycles. The SMILES string of the molecule is COC(=O)C#Cc1cccc(C(=O)OC)c1F. The Morgan fingerprint density at radius 2 is 1.94 bits per heavy atom. The lowest BCUT2D eigenvalue weighted by Gasteiger charge is -2.01. The van der Waals surface area contributed by atoms with Crippen LogP contribution in [0.4, 0.5) is 4.39 Å². The highest BCUT2D eigenvalue weighted by molar-refractivity contribution is 5.91. The Hall–Kier alpha value is -2.35. The third kappa shape index (κ3) is 3.05. The van der Waals surface area contributed by atoms with Crippen molar-refractivity contribution in [2.24, 2.45) is 0 Å². The maximum atomic E-state index is 13.7.